The molecule has 128 valence electrons. The first-order valence-electron chi connectivity index (χ1n) is 7.86. The van der Waals surface area contributed by atoms with Gasteiger partial charge in [0.05, 0.1) is 13.2 Å². The van der Waals surface area contributed by atoms with Crippen LogP contribution < -0.4 is 10.1 Å². The molecule has 2 rings (SSSR count). The van der Waals surface area contributed by atoms with Crippen LogP contribution in [0, 0.1) is 5.92 Å². The molecule has 0 aliphatic rings. The largest absolute Gasteiger partial charge is 0.504 e. The maximum absolute atomic E-state index is 12.4. The topological polar surface area (TPSA) is 78.8 Å². The lowest BCUT2D eigenvalue weighted by atomic mass is 9.99. The Labute approximate surface area is 141 Å². The van der Waals surface area contributed by atoms with Gasteiger partial charge in [0.2, 0.25) is 5.91 Å². The minimum atomic E-state index is -0.255. The van der Waals surface area contributed by atoms with Crippen LogP contribution in [0.5, 0.6) is 17.2 Å². The average molecular weight is 329 g/mol. The van der Waals surface area contributed by atoms with E-state index in [1.54, 1.807) is 13.2 Å². The molecular weight excluding hydrogens is 306 g/mol. The van der Waals surface area contributed by atoms with Gasteiger partial charge in [0.1, 0.15) is 5.75 Å². The number of ether oxygens (including phenoxy) is 1. The van der Waals surface area contributed by atoms with Crippen molar-refractivity contribution in [3.8, 4) is 17.2 Å². The Morgan fingerprint density at radius 3 is 2.33 bits per heavy atom. The molecule has 0 aliphatic heterocycles. The summed E-state index contributed by atoms with van der Waals surface area (Å²) in [6.45, 7) is 3.76. The van der Waals surface area contributed by atoms with Gasteiger partial charge in [-0.1, -0.05) is 25.1 Å². The summed E-state index contributed by atoms with van der Waals surface area (Å²) in [7, 11) is 1.61. The Kier molecular flexibility index (Phi) is 5.68. The van der Waals surface area contributed by atoms with Gasteiger partial charge in [-0.15, -0.1) is 0 Å². The van der Waals surface area contributed by atoms with E-state index in [0.717, 1.165) is 16.9 Å². The zero-order valence-corrected chi connectivity index (χ0v) is 14.1. The van der Waals surface area contributed by atoms with Gasteiger partial charge in [0.15, 0.2) is 11.5 Å². The first-order valence-corrected chi connectivity index (χ1v) is 7.86. The molecule has 2 unspecified atom stereocenters. The Balaban J connectivity index is 1.95. The van der Waals surface area contributed by atoms with E-state index in [-0.39, 0.29) is 29.4 Å². The Bertz CT molecular complexity index is 697. The summed E-state index contributed by atoms with van der Waals surface area (Å²) in [4.78, 5) is 12.4. The Hall–Kier alpha value is -2.69. The van der Waals surface area contributed by atoms with Crippen LogP contribution in [-0.2, 0) is 11.2 Å². The predicted octanol–water partition coefficient (Wildman–Crippen LogP) is 3.16. The third-order valence-electron chi connectivity index (χ3n) is 4.00. The van der Waals surface area contributed by atoms with Crippen molar-refractivity contribution in [1.82, 2.24) is 5.32 Å². The SMILES string of the molecule is COc1ccc(C(C)NC(=O)C(C)Cc2ccc(O)c(O)c2)cc1. The summed E-state index contributed by atoms with van der Waals surface area (Å²) in [5, 5.41) is 21.8. The molecule has 0 saturated heterocycles. The molecule has 2 aromatic rings. The second-order valence-corrected chi connectivity index (χ2v) is 5.93. The Morgan fingerprint density at radius 1 is 1.08 bits per heavy atom. The summed E-state index contributed by atoms with van der Waals surface area (Å²) >= 11 is 0. The molecule has 0 aliphatic carbocycles. The summed E-state index contributed by atoms with van der Waals surface area (Å²) < 4.78 is 5.13. The fourth-order valence-corrected chi connectivity index (χ4v) is 2.47. The van der Waals surface area contributed by atoms with E-state index in [1.165, 1.54) is 12.1 Å². The smallest absolute Gasteiger partial charge is 0.223 e. The van der Waals surface area contributed by atoms with Gasteiger partial charge in [0.25, 0.3) is 0 Å². The van der Waals surface area contributed by atoms with Gasteiger partial charge in [0, 0.05) is 5.92 Å². The van der Waals surface area contributed by atoms with Gasteiger partial charge >= 0.3 is 0 Å². The van der Waals surface area contributed by atoms with Crippen LogP contribution in [0.25, 0.3) is 0 Å². The first-order chi connectivity index (χ1) is 11.4. The molecule has 0 aromatic heterocycles. The highest BCUT2D eigenvalue weighted by atomic mass is 16.5. The lowest BCUT2D eigenvalue weighted by Gasteiger charge is -2.18. The first kappa shape index (κ1) is 17.7. The molecule has 0 spiro atoms. The summed E-state index contributed by atoms with van der Waals surface area (Å²) in [5.74, 6) is 0.119. The Morgan fingerprint density at radius 2 is 1.75 bits per heavy atom. The van der Waals surface area contributed by atoms with Crippen LogP contribution in [0.3, 0.4) is 0 Å². The standard InChI is InChI=1S/C19H23NO4/c1-12(10-14-4-9-17(21)18(22)11-14)19(23)20-13(2)15-5-7-16(24-3)8-6-15/h4-9,11-13,21-22H,10H2,1-3H3,(H,20,23). The third kappa shape index (κ3) is 4.41. The normalized spacial score (nSPS) is 13.1. The number of methoxy groups -OCH3 is 1. The number of amides is 1. The molecular formula is C19H23NO4. The van der Waals surface area contributed by atoms with E-state index >= 15 is 0 Å². The van der Waals surface area contributed by atoms with E-state index < -0.39 is 0 Å². The third-order valence-corrected chi connectivity index (χ3v) is 4.00. The van der Waals surface area contributed by atoms with Gasteiger partial charge < -0.3 is 20.3 Å². The van der Waals surface area contributed by atoms with E-state index in [9.17, 15) is 15.0 Å². The minimum absolute atomic E-state index is 0.0640. The van der Waals surface area contributed by atoms with Crippen molar-refractivity contribution >= 4 is 5.91 Å². The van der Waals surface area contributed by atoms with Crippen molar-refractivity contribution in [2.75, 3.05) is 7.11 Å². The van der Waals surface area contributed by atoms with Crippen molar-refractivity contribution in [1.29, 1.82) is 0 Å². The van der Waals surface area contributed by atoms with Crippen LogP contribution in [0.4, 0.5) is 0 Å². The van der Waals surface area contributed by atoms with Crippen molar-refractivity contribution < 1.29 is 19.7 Å². The molecule has 0 fully saturated rings. The molecule has 0 radical (unpaired) electrons. The molecule has 0 heterocycles. The monoisotopic (exact) mass is 329 g/mol. The lowest BCUT2D eigenvalue weighted by Crippen LogP contribution is -2.32. The summed E-state index contributed by atoms with van der Waals surface area (Å²) in [5.41, 5.74) is 1.80. The fraction of sp³-hybridized carbons (Fsp3) is 0.316. The molecule has 0 saturated carbocycles. The predicted molar refractivity (Wildman–Crippen MR) is 92.2 cm³/mol. The van der Waals surface area contributed by atoms with E-state index in [4.69, 9.17) is 4.74 Å². The van der Waals surface area contributed by atoms with Crippen LogP contribution >= 0.6 is 0 Å². The van der Waals surface area contributed by atoms with Gasteiger partial charge in [-0.2, -0.15) is 0 Å². The summed E-state index contributed by atoms with van der Waals surface area (Å²) in [6.07, 6.45) is 0.481. The second kappa shape index (κ2) is 7.73. The molecule has 2 aromatic carbocycles. The highest BCUT2D eigenvalue weighted by Gasteiger charge is 2.17. The number of hydrogen-bond donors (Lipinski definition) is 3. The number of carbonyl (C=O) groups is 1. The van der Waals surface area contributed by atoms with Crippen molar-refractivity contribution in [2.24, 2.45) is 5.92 Å². The second-order valence-electron chi connectivity index (χ2n) is 5.93. The number of benzene rings is 2. The molecule has 24 heavy (non-hydrogen) atoms. The zero-order valence-electron chi connectivity index (χ0n) is 14.1. The maximum atomic E-state index is 12.4. The van der Waals surface area contributed by atoms with E-state index in [0.29, 0.717) is 6.42 Å². The quantitative estimate of drug-likeness (QED) is 0.711. The van der Waals surface area contributed by atoms with Gasteiger partial charge in [-0.05, 0) is 48.7 Å². The molecule has 5 heteroatoms. The molecule has 3 N–H and O–H groups in total. The van der Waals surface area contributed by atoms with Crippen LogP contribution in [0.1, 0.15) is 31.0 Å². The number of rotatable bonds is 6. The maximum Gasteiger partial charge on any atom is 0.223 e. The van der Waals surface area contributed by atoms with Crippen LogP contribution in [0.2, 0.25) is 0 Å². The van der Waals surface area contributed by atoms with Crippen molar-refractivity contribution in [3.05, 3.63) is 53.6 Å². The lowest BCUT2D eigenvalue weighted by molar-refractivity contribution is -0.125. The number of aromatic hydroxyl groups is 2. The summed E-state index contributed by atoms with van der Waals surface area (Å²) in [6, 6.07) is 12.1. The average Bonchev–Trinajstić information content (AvgIpc) is 2.58. The van der Waals surface area contributed by atoms with E-state index in [1.807, 2.05) is 38.1 Å². The van der Waals surface area contributed by atoms with E-state index in [2.05, 4.69) is 5.32 Å². The van der Waals surface area contributed by atoms with Gasteiger partial charge in [-0.25, -0.2) is 0 Å². The fourth-order valence-electron chi connectivity index (χ4n) is 2.47. The minimum Gasteiger partial charge on any atom is -0.504 e. The highest BCUT2D eigenvalue weighted by molar-refractivity contribution is 5.79. The number of hydrogen-bond acceptors (Lipinski definition) is 4. The zero-order chi connectivity index (χ0) is 17.7. The molecule has 2 atom stereocenters. The van der Waals surface area contributed by atoms with Crippen molar-refractivity contribution in [2.45, 2.75) is 26.3 Å². The number of phenolic OH excluding ortho intramolecular Hbond substituents is 2. The molecule has 0 bridgehead atoms. The number of carbonyl (C=O) groups excluding carboxylic acids is 1. The van der Waals surface area contributed by atoms with Crippen LogP contribution in [-0.4, -0.2) is 23.2 Å². The highest BCUT2D eigenvalue weighted by Crippen LogP contribution is 2.26. The molecule has 5 nitrogen and oxygen atoms in total. The van der Waals surface area contributed by atoms with Crippen LogP contribution in [0.15, 0.2) is 42.5 Å². The van der Waals surface area contributed by atoms with Gasteiger partial charge in [-0.3, -0.25) is 4.79 Å². The van der Waals surface area contributed by atoms with Crippen molar-refractivity contribution in [3.63, 3.8) is 0 Å². The number of phenols is 2. The number of nitrogens with one attached hydrogen (secondary N) is 1. The molecule has 1 amide bonds.